The largest absolute Gasteiger partial charge is 0.452 e. The van der Waals surface area contributed by atoms with Crippen molar-refractivity contribution in [3.05, 3.63) is 53.8 Å². The van der Waals surface area contributed by atoms with Gasteiger partial charge in [0, 0.05) is 5.69 Å². The lowest BCUT2D eigenvalue weighted by atomic mass is 10.3. The molecule has 0 fully saturated rings. The Hall–Kier alpha value is -3.58. The summed E-state index contributed by atoms with van der Waals surface area (Å²) >= 11 is 0. The second-order valence-corrected chi connectivity index (χ2v) is 6.80. The fraction of sp³-hybridized carbons (Fsp3) is 0.0667. The summed E-state index contributed by atoms with van der Waals surface area (Å²) in [5.41, 5.74) is 6.11. The lowest BCUT2D eigenvalue weighted by molar-refractivity contribution is 0.0419. The lowest BCUT2D eigenvalue weighted by Crippen LogP contribution is -2.12. The maximum Gasteiger partial charge on any atom is 0.374 e. The normalized spacial score (nSPS) is 11.2. The van der Waals surface area contributed by atoms with Crippen molar-refractivity contribution >= 4 is 33.6 Å². The number of halogens is 1. The van der Waals surface area contributed by atoms with Gasteiger partial charge in [0.05, 0.1) is 0 Å². The molecule has 3 rings (SSSR count). The van der Waals surface area contributed by atoms with Crippen molar-refractivity contribution in [3.8, 4) is 0 Å². The van der Waals surface area contributed by atoms with E-state index in [2.05, 4.69) is 20.3 Å². The quantitative estimate of drug-likeness (QED) is 0.497. The summed E-state index contributed by atoms with van der Waals surface area (Å²) in [5.74, 6) is -1.79. The first kappa shape index (κ1) is 19.2. The zero-order valence-corrected chi connectivity index (χ0v) is 14.8. The van der Waals surface area contributed by atoms with Crippen molar-refractivity contribution in [2.24, 2.45) is 5.14 Å². The van der Waals surface area contributed by atoms with E-state index in [1.165, 1.54) is 24.3 Å². The number of rotatable bonds is 6. The average Bonchev–Trinajstić information content (AvgIpc) is 3.12. The molecular weight excluding hydrogens is 395 g/mol. The predicted octanol–water partition coefficient (Wildman–Crippen LogP) is 0.934. The maximum atomic E-state index is 13.0. The van der Waals surface area contributed by atoms with Crippen molar-refractivity contribution in [3.63, 3.8) is 0 Å². The molecule has 0 aliphatic rings. The number of anilines is 3. The van der Waals surface area contributed by atoms with Crippen LogP contribution in [0.1, 0.15) is 16.4 Å². The van der Waals surface area contributed by atoms with Gasteiger partial charge in [-0.2, -0.15) is 15.0 Å². The number of benzene rings is 1. The summed E-state index contributed by atoms with van der Waals surface area (Å²) in [6.07, 6.45) is 0. The smallest absolute Gasteiger partial charge is 0.374 e. The minimum absolute atomic E-state index is 0.0173. The van der Waals surface area contributed by atoms with Gasteiger partial charge in [-0.15, -0.1) is 0 Å². The van der Waals surface area contributed by atoms with Crippen LogP contribution in [0.25, 0.3) is 0 Å². The van der Waals surface area contributed by atoms with Gasteiger partial charge < -0.3 is 20.2 Å². The number of hydrogen-bond acceptors (Lipinski definition) is 10. The Morgan fingerprint density at radius 1 is 1.14 bits per heavy atom. The number of nitrogens with one attached hydrogen (secondary N) is 1. The molecule has 0 amide bonds. The number of sulfonamides is 1. The van der Waals surface area contributed by atoms with Gasteiger partial charge in [0.1, 0.15) is 5.82 Å². The minimum Gasteiger partial charge on any atom is -0.452 e. The summed E-state index contributed by atoms with van der Waals surface area (Å²) < 4.78 is 45.0. The van der Waals surface area contributed by atoms with Crippen LogP contribution in [0.3, 0.4) is 0 Å². The van der Waals surface area contributed by atoms with E-state index in [0.29, 0.717) is 5.69 Å². The number of ether oxygens (including phenoxy) is 1. The number of carbonyl (C=O) groups is 1. The Morgan fingerprint density at radius 2 is 1.86 bits per heavy atom. The first-order valence-electron chi connectivity index (χ1n) is 7.53. The Balaban J connectivity index is 1.68. The van der Waals surface area contributed by atoms with Gasteiger partial charge in [-0.3, -0.25) is 0 Å². The summed E-state index contributed by atoms with van der Waals surface area (Å²) in [6.45, 7) is -0.394. The highest BCUT2D eigenvalue weighted by Crippen LogP contribution is 2.16. The molecule has 2 heterocycles. The van der Waals surface area contributed by atoms with Crippen LogP contribution in [0.5, 0.6) is 0 Å². The van der Waals surface area contributed by atoms with E-state index in [1.54, 1.807) is 0 Å². The zero-order chi connectivity index (χ0) is 20.3. The predicted molar refractivity (Wildman–Crippen MR) is 93.1 cm³/mol. The monoisotopic (exact) mass is 408 g/mol. The van der Waals surface area contributed by atoms with Crippen LogP contribution in [-0.4, -0.2) is 29.3 Å². The highest BCUT2D eigenvalue weighted by atomic mass is 32.2. The van der Waals surface area contributed by atoms with Crippen molar-refractivity contribution in [2.45, 2.75) is 11.7 Å². The van der Waals surface area contributed by atoms with E-state index in [1.807, 2.05) is 0 Å². The third-order valence-corrected chi connectivity index (χ3v) is 3.97. The zero-order valence-electron chi connectivity index (χ0n) is 14.0. The number of hydrogen-bond donors (Lipinski definition) is 3. The number of aromatic nitrogens is 3. The Bertz CT molecular complexity index is 1120. The highest BCUT2D eigenvalue weighted by Gasteiger charge is 2.19. The molecule has 3 aromatic rings. The molecule has 13 heteroatoms. The molecule has 146 valence electrons. The molecule has 11 nitrogen and oxygen atoms in total. The SMILES string of the molecule is Nc1nc(COC(=O)c2ccc(S(N)(=O)=O)o2)nc(Nc2ccc(F)cc2)n1. The molecule has 28 heavy (non-hydrogen) atoms. The van der Waals surface area contributed by atoms with E-state index in [4.69, 9.17) is 20.0 Å². The van der Waals surface area contributed by atoms with E-state index in [9.17, 15) is 17.6 Å². The van der Waals surface area contributed by atoms with Gasteiger partial charge >= 0.3 is 5.97 Å². The van der Waals surface area contributed by atoms with Gasteiger partial charge in [-0.1, -0.05) is 0 Å². The Morgan fingerprint density at radius 3 is 2.50 bits per heavy atom. The van der Waals surface area contributed by atoms with Gasteiger partial charge in [-0.05, 0) is 36.4 Å². The molecule has 0 saturated heterocycles. The summed E-state index contributed by atoms with van der Waals surface area (Å²) in [7, 11) is -4.08. The third kappa shape index (κ3) is 4.77. The topological polar surface area (TPSA) is 176 Å². The number of carbonyl (C=O) groups excluding carboxylic acids is 1. The number of furan rings is 1. The van der Waals surface area contributed by atoms with Crippen molar-refractivity contribution < 1.29 is 26.8 Å². The summed E-state index contributed by atoms with van der Waals surface area (Å²) in [4.78, 5) is 23.7. The first-order chi connectivity index (χ1) is 13.2. The first-order valence-corrected chi connectivity index (χ1v) is 9.08. The van der Waals surface area contributed by atoms with E-state index >= 15 is 0 Å². The number of esters is 1. The van der Waals surface area contributed by atoms with Gasteiger partial charge in [0.15, 0.2) is 12.4 Å². The molecule has 0 saturated carbocycles. The molecule has 0 radical (unpaired) electrons. The standard InChI is InChI=1S/C15H13FN6O5S/c16-8-1-3-9(4-2-8)19-15-21-11(20-14(17)22-15)7-26-13(23)10-5-6-12(27-10)28(18,24)25/h1-6H,7H2,(H2,18,24,25)(H3,17,19,20,21,22). The molecular formula is C15H13FN6O5S. The summed E-state index contributed by atoms with van der Waals surface area (Å²) in [6, 6.07) is 7.55. The molecule has 5 N–H and O–H groups in total. The minimum atomic E-state index is -4.08. The summed E-state index contributed by atoms with van der Waals surface area (Å²) in [5, 5.41) is 7.13. The Labute approximate surface area is 157 Å². The number of primary sulfonamides is 1. The molecule has 0 unspecified atom stereocenters. The van der Waals surface area contributed by atoms with Crippen molar-refractivity contribution in [1.82, 2.24) is 15.0 Å². The average molecular weight is 408 g/mol. The third-order valence-electron chi connectivity index (χ3n) is 3.19. The molecule has 0 bridgehead atoms. The van der Waals surface area contributed by atoms with Gasteiger partial charge in [-0.25, -0.2) is 22.7 Å². The Kier molecular flexibility index (Phi) is 5.19. The van der Waals surface area contributed by atoms with Crippen molar-refractivity contribution in [2.75, 3.05) is 11.1 Å². The fourth-order valence-electron chi connectivity index (χ4n) is 2.00. The van der Waals surface area contributed by atoms with Crippen LogP contribution in [-0.2, 0) is 21.4 Å². The molecule has 0 aliphatic carbocycles. The fourth-order valence-corrected chi connectivity index (χ4v) is 2.47. The van der Waals surface area contributed by atoms with Crippen LogP contribution in [0.4, 0.5) is 22.0 Å². The molecule has 0 atom stereocenters. The van der Waals surface area contributed by atoms with Crippen LogP contribution in [0, 0.1) is 5.82 Å². The number of nitrogens with zero attached hydrogens (tertiary/aromatic N) is 3. The molecule has 2 aromatic heterocycles. The van der Waals surface area contributed by atoms with Crippen molar-refractivity contribution in [1.29, 1.82) is 0 Å². The van der Waals surface area contributed by atoms with Crippen LogP contribution >= 0.6 is 0 Å². The van der Waals surface area contributed by atoms with E-state index < -0.39 is 33.5 Å². The molecule has 1 aromatic carbocycles. The van der Waals surface area contributed by atoms with Gasteiger partial charge in [0.2, 0.25) is 22.7 Å². The second-order valence-electron chi connectivity index (χ2n) is 5.31. The maximum absolute atomic E-state index is 13.0. The van der Waals surface area contributed by atoms with Crippen LogP contribution in [0.2, 0.25) is 0 Å². The number of nitrogens with two attached hydrogens (primary N) is 2. The van der Waals surface area contributed by atoms with E-state index in [0.717, 1.165) is 12.1 Å². The number of nitrogen functional groups attached to an aromatic ring is 1. The van der Waals surface area contributed by atoms with Gasteiger partial charge in [0.25, 0.3) is 10.0 Å². The molecule has 0 spiro atoms. The van der Waals surface area contributed by atoms with E-state index in [-0.39, 0.29) is 23.5 Å². The lowest BCUT2D eigenvalue weighted by Gasteiger charge is -2.07. The van der Waals surface area contributed by atoms with Crippen LogP contribution in [0.15, 0.2) is 45.9 Å². The van der Waals surface area contributed by atoms with Crippen LogP contribution < -0.4 is 16.2 Å². The highest BCUT2D eigenvalue weighted by molar-refractivity contribution is 7.89. The molecule has 0 aliphatic heterocycles. The second kappa shape index (κ2) is 7.58.